The summed E-state index contributed by atoms with van der Waals surface area (Å²) in [5.41, 5.74) is 0.396. The Kier molecular flexibility index (Phi) is 5.61. The molecule has 0 radical (unpaired) electrons. The largest absolute Gasteiger partial charge is 0.504 e. The molecule has 7 bridgehead atoms. The fourth-order valence-electron chi connectivity index (χ4n) is 5.89. The highest BCUT2D eigenvalue weighted by atomic mass is 33.1. The molecule has 6 atom stereocenters. The van der Waals surface area contributed by atoms with Crippen molar-refractivity contribution >= 4 is 39.4 Å². The van der Waals surface area contributed by atoms with E-state index < -0.39 is 51.9 Å². The normalized spacial score (nSPS) is 33.2. The van der Waals surface area contributed by atoms with E-state index in [2.05, 4.69) is 0 Å². The number of ether oxygens (including phenoxy) is 4. The van der Waals surface area contributed by atoms with Gasteiger partial charge >= 0.3 is 5.97 Å². The molecule has 0 aliphatic carbocycles. The van der Waals surface area contributed by atoms with Crippen molar-refractivity contribution in [1.29, 1.82) is 0 Å². The topological polar surface area (TPSA) is 155 Å². The van der Waals surface area contributed by atoms with Crippen molar-refractivity contribution in [3.8, 4) is 23.0 Å². The number of phenols is 1. The predicted molar refractivity (Wildman–Crippen MR) is 144 cm³/mol. The summed E-state index contributed by atoms with van der Waals surface area (Å²) in [6.07, 6.45) is -0.351. The fraction of sp³-hybridized carbons (Fsp3) is 0.296. The molecule has 0 aromatic heterocycles. The number of rotatable bonds is 1. The van der Waals surface area contributed by atoms with Gasteiger partial charge in [0.1, 0.15) is 24.4 Å². The molecule has 2 amide bonds. The molecule has 2 spiro atoms. The lowest BCUT2D eigenvalue weighted by Crippen LogP contribution is -2.79. The van der Waals surface area contributed by atoms with Gasteiger partial charge in [-0.3, -0.25) is 9.59 Å². The lowest BCUT2D eigenvalue weighted by molar-refractivity contribution is -0.175. The Morgan fingerprint density at radius 3 is 2.54 bits per heavy atom. The fourth-order valence-corrected chi connectivity index (χ4v) is 9.76. The van der Waals surface area contributed by atoms with Gasteiger partial charge in [-0.1, -0.05) is 6.07 Å². The van der Waals surface area contributed by atoms with Crippen LogP contribution in [0.25, 0.3) is 0 Å². The molecule has 6 aliphatic rings. The number of phenolic OH excluding ortho intramolecular Hbond substituents is 1. The molecule has 2 aromatic carbocycles. The maximum absolute atomic E-state index is 14.5. The number of carbonyl (C=O) groups is 3. The number of aliphatic hydroxyl groups excluding tert-OH is 2. The number of methoxy groups -OCH3 is 1. The van der Waals surface area contributed by atoms with Crippen LogP contribution in [0.5, 0.6) is 23.0 Å². The molecule has 0 unspecified atom stereocenters. The van der Waals surface area contributed by atoms with Crippen LogP contribution in [0.1, 0.15) is 22.0 Å². The van der Waals surface area contributed by atoms with Gasteiger partial charge in [-0.2, -0.15) is 0 Å². The lowest BCUT2D eigenvalue weighted by atomic mass is 9.93. The summed E-state index contributed by atoms with van der Waals surface area (Å²) in [6, 6.07) is 7.26. The van der Waals surface area contributed by atoms with E-state index in [1.165, 1.54) is 74.1 Å². The number of benzene rings is 2. The Balaban J connectivity index is 1.49. The number of carbonyl (C=O) groups excluding carboxylic acids is 3. The Morgan fingerprint density at radius 1 is 0.976 bits per heavy atom. The molecule has 6 heterocycles. The highest BCUT2D eigenvalue weighted by Crippen LogP contribution is 2.67. The maximum Gasteiger partial charge on any atom is 0.338 e. The summed E-state index contributed by atoms with van der Waals surface area (Å²) in [7, 11) is 4.70. The molecule has 2 aromatic rings. The highest BCUT2D eigenvalue weighted by molar-refractivity contribution is 8.78. The van der Waals surface area contributed by atoms with E-state index in [1.807, 2.05) is 0 Å². The number of likely N-dealkylation sites (N-methyl/N-ethyl adjacent to an activating group) is 1. The standard InChI is InChI=1S/C27H22N2O10S2/c1-28-24(34)27-22(32)14-11-37-8-7-17-20(14)29(27)25(35)26(28,40-41-27)21(31)12-3-5-15(30)18(9-12)38-19-10-13(23(33)39-17)4-6-16(19)36-2/h3-11,17,20-22,30-32H,1-2H3/t17-,20-,21-,22+,26+,27+/m0/s1. The number of aliphatic hydroxyl groups is 2. The van der Waals surface area contributed by atoms with Crippen molar-refractivity contribution < 1.29 is 48.7 Å². The SMILES string of the molecule is COc1ccc2cc1Oc1cc(ccc1O)[C@H](O)[C@]13SS[C@@]4(C(=O)N1C)[C@H](O)C1=COC=C[C@H](OC2=O)[C@H]1N4C3=O. The average molecular weight is 599 g/mol. The van der Waals surface area contributed by atoms with E-state index in [-0.39, 0.29) is 39.7 Å². The van der Waals surface area contributed by atoms with Crippen molar-refractivity contribution in [2.24, 2.45) is 0 Å². The van der Waals surface area contributed by atoms with Crippen LogP contribution in [0.2, 0.25) is 0 Å². The van der Waals surface area contributed by atoms with Crippen LogP contribution in [0.3, 0.4) is 0 Å². The summed E-state index contributed by atoms with van der Waals surface area (Å²) in [4.78, 5) is 40.7. The van der Waals surface area contributed by atoms with Crippen molar-refractivity contribution in [3.63, 3.8) is 0 Å². The third-order valence-corrected chi connectivity index (χ3v) is 11.6. The third-order valence-electron chi connectivity index (χ3n) is 7.99. The number of nitrogens with zero attached hydrogens (tertiary/aromatic N) is 2. The average Bonchev–Trinajstić information content (AvgIpc) is 3.07. The van der Waals surface area contributed by atoms with Crippen LogP contribution >= 0.6 is 21.6 Å². The molecule has 212 valence electrons. The summed E-state index contributed by atoms with van der Waals surface area (Å²) < 4.78 is 22.6. The van der Waals surface area contributed by atoms with Crippen LogP contribution in [0.4, 0.5) is 0 Å². The van der Waals surface area contributed by atoms with Crippen molar-refractivity contribution in [2.75, 3.05) is 14.2 Å². The van der Waals surface area contributed by atoms with Crippen LogP contribution in [0, 0.1) is 0 Å². The number of hydrogen-bond acceptors (Lipinski definition) is 12. The van der Waals surface area contributed by atoms with Crippen LogP contribution in [0.15, 0.2) is 60.6 Å². The summed E-state index contributed by atoms with van der Waals surface area (Å²) in [6.45, 7) is 0. The van der Waals surface area contributed by atoms with Gasteiger partial charge in [0.25, 0.3) is 11.8 Å². The first-order chi connectivity index (χ1) is 19.6. The zero-order valence-electron chi connectivity index (χ0n) is 21.4. The van der Waals surface area contributed by atoms with Gasteiger partial charge in [-0.05, 0) is 63.6 Å². The number of esters is 1. The van der Waals surface area contributed by atoms with Crippen molar-refractivity contribution in [3.05, 3.63) is 71.7 Å². The van der Waals surface area contributed by atoms with E-state index in [9.17, 15) is 29.7 Å². The molecular formula is C27H22N2O10S2. The predicted octanol–water partition coefficient (Wildman–Crippen LogP) is 2.02. The third kappa shape index (κ3) is 3.24. The van der Waals surface area contributed by atoms with Crippen LogP contribution in [-0.4, -0.2) is 85.1 Å². The van der Waals surface area contributed by atoms with Gasteiger partial charge in [0.2, 0.25) is 9.74 Å². The first-order valence-electron chi connectivity index (χ1n) is 12.4. The van der Waals surface area contributed by atoms with Gasteiger partial charge in [-0.15, -0.1) is 0 Å². The molecule has 6 aliphatic heterocycles. The minimum absolute atomic E-state index is 0.0624. The second-order valence-electron chi connectivity index (χ2n) is 10.00. The molecule has 4 fully saturated rings. The summed E-state index contributed by atoms with van der Waals surface area (Å²) in [5.74, 6) is -2.15. The van der Waals surface area contributed by atoms with Gasteiger partial charge < -0.3 is 44.1 Å². The first-order valence-corrected chi connectivity index (χ1v) is 14.6. The minimum atomic E-state index is -1.88. The van der Waals surface area contributed by atoms with Gasteiger partial charge in [0.05, 0.1) is 25.2 Å². The quantitative estimate of drug-likeness (QED) is 0.325. The molecule has 3 N–H and O–H groups in total. The zero-order valence-corrected chi connectivity index (χ0v) is 23.0. The molecule has 4 saturated heterocycles. The van der Waals surface area contributed by atoms with Crippen LogP contribution < -0.4 is 9.47 Å². The van der Waals surface area contributed by atoms with Crippen molar-refractivity contribution in [1.82, 2.24) is 9.80 Å². The Morgan fingerprint density at radius 2 is 1.76 bits per heavy atom. The molecule has 41 heavy (non-hydrogen) atoms. The minimum Gasteiger partial charge on any atom is -0.504 e. The number of amides is 2. The number of piperazine rings is 1. The number of fused-ring (bicyclic) bond motifs is 6. The smallest absolute Gasteiger partial charge is 0.338 e. The monoisotopic (exact) mass is 598 g/mol. The van der Waals surface area contributed by atoms with Gasteiger partial charge in [0.15, 0.2) is 23.0 Å². The van der Waals surface area contributed by atoms with Crippen molar-refractivity contribution in [2.45, 2.75) is 34.1 Å². The van der Waals surface area contributed by atoms with E-state index in [1.54, 1.807) is 0 Å². The molecule has 12 nitrogen and oxygen atoms in total. The molecule has 8 rings (SSSR count). The number of hydrogen-bond donors (Lipinski definition) is 3. The Labute approximate surface area is 240 Å². The summed E-state index contributed by atoms with van der Waals surface area (Å²) >= 11 is 0. The highest BCUT2D eigenvalue weighted by Gasteiger charge is 2.78. The van der Waals surface area contributed by atoms with Gasteiger partial charge in [-0.25, -0.2) is 4.79 Å². The van der Waals surface area contributed by atoms with E-state index in [0.717, 1.165) is 26.5 Å². The lowest BCUT2D eigenvalue weighted by Gasteiger charge is -2.60. The second-order valence-corrected chi connectivity index (χ2v) is 12.6. The maximum atomic E-state index is 14.5. The molecule has 0 saturated carbocycles. The zero-order chi connectivity index (χ0) is 28.8. The van der Waals surface area contributed by atoms with Gasteiger partial charge in [0, 0.05) is 12.6 Å². The van der Waals surface area contributed by atoms with E-state index >= 15 is 0 Å². The van der Waals surface area contributed by atoms with Crippen LogP contribution in [-0.2, 0) is 19.1 Å². The molecular weight excluding hydrogens is 576 g/mol. The molecule has 14 heteroatoms. The van der Waals surface area contributed by atoms with E-state index in [4.69, 9.17) is 18.9 Å². The summed E-state index contributed by atoms with van der Waals surface area (Å²) in [5, 5.41) is 34.0. The Hall–Kier alpha value is -3.85. The second kappa shape index (κ2) is 8.82. The Bertz CT molecular complexity index is 1600. The first kappa shape index (κ1) is 26.1. The number of aromatic hydroxyl groups is 1. The van der Waals surface area contributed by atoms with E-state index in [0.29, 0.717) is 0 Å².